The van der Waals surface area contributed by atoms with Gasteiger partial charge in [0.1, 0.15) is 5.82 Å². The van der Waals surface area contributed by atoms with Gasteiger partial charge in [0, 0.05) is 16.6 Å². The van der Waals surface area contributed by atoms with Gasteiger partial charge in [-0.15, -0.1) is 0 Å². The summed E-state index contributed by atoms with van der Waals surface area (Å²) in [5.41, 5.74) is 5.67. The van der Waals surface area contributed by atoms with Crippen LogP contribution in [0.25, 0.3) is 10.8 Å². The molecule has 0 unspecified atom stereocenters. The summed E-state index contributed by atoms with van der Waals surface area (Å²) in [5, 5.41) is 2.80. The molecule has 1 heterocycles. The molecule has 1 aromatic carbocycles. The van der Waals surface area contributed by atoms with Crippen molar-refractivity contribution in [3.05, 3.63) is 34.4 Å². The van der Waals surface area contributed by atoms with Crippen molar-refractivity contribution in [1.29, 1.82) is 0 Å². The average Bonchev–Trinajstić information content (AvgIpc) is 2.02. The minimum absolute atomic E-state index is 0.430. The summed E-state index contributed by atoms with van der Waals surface area (Å²) in [5.74, 6) is 0.430. The second-order valence-corrected chi connectivity index (χ2v) is 3.53. The molecule has 2 rings (SSSR count). The number of hydrogen-bond donors (Lipinski definition) is 1. The first-order chi connectivity index (χ1) is 6.18. The Kier molecular flexibility index (Phi) is 2.02. The van der Waals surface area contributed by atoms with E-state index < -0.39 is 0 Å². The van der Waals surface area contributed by atoms with Crippen LogP contribution in [0.2, 0.25) is 10.0 Å². The van der Waals surface area contributed by atoms with Crippen LogP contribution in [0.4, 0.5) is 5.82 Å². The molecule has 0 aliphatic carbocycles. The van der Waals surface area contributed by atoms with Gasteiger partial charge in [-0.1, -0.05) is 23.2 Å². The summed E-state index contributed by atoms with van der Waals surface area (Å²) >= 11 is 11.8. The lowest BCUT2D eigenvalue weighted by molar-refractivity contribution is 1.37. The number of fused-ring (bicyclic) bond motifs is 1. The van der Waals surface area contributed by atoms with Crippen LogP contribution in [0.5, 0.6) is 0 Å². The summed E-state index contributed by atoms with van der Waals surface area (Å²) < 4.78 is 0. The van der Waals surface area contributed by atoms with E-state index in [4.69, 9.17) is 28.9 Å². The number of aromatic nitrogens is 1. The van der Waals surface area contributed by atoms with Crippen molar-refractivity contribution in [2.75, 3.05) is 5.73 Å². The number of pyridine rings is 1. The molecule has 0 saturated heterocycles. The van der Waals surface area contributed by atoms with Crippen molar-refractivity contribution in [2.45, 2.75) is 0 Å². The molecule has 13 heavy (non-hydrogen) atoms. The summed E-state index contributed by atoms with van der Waals surface area (Å²) in [7, 11) is 0. The van der Waals surface area contributed by atoms with E-state index in [0.717, 1.165) is 10.8 Å². The third-order valence-corrected chi connectivity index (χ3v) is 2.33. The lowest BCUT2D eigenvalue weighted by Gasteiger charge is -2.03. The normalized spacial score (nSPS) is 10.6. The quantitative estimate of drug-likeness (QED) is 0.730. The highest BCUT2D eigenvalue weighted by molar-refractivity contribution is 6.39. The molecule has 2 aromatic rings. The molecule has 0 aliphatic rings. The molecule has 2 nitrogen and oxygen atoms in total. The smallest absolute Gasteiger partial charge is 0.132 e. The average molecular weight is 213 g/mol. The van der Waals surface area contributed by atoms with Crippen molar-refractivity contribution in [2.24, 2.45) is 0 Å². The molecule has 0 fully saturated rings. The van der Waals surface area contributed by atoms with E-state index >= 15 is 0 Å². The van der Waals surface area contributed by atoms with E-state index in [1.165, 1.54) is 0 Å². The Labute approximate surface area is 85.3 Å². The van der Waals surface area contributed by atoms with Gasteiger partial charge in [-0.3, -0.25) is 0 Å². The van der Waals surface area contributed by atoms with E-state index in [2.05, 4.69) is 4.98 Å². The molecule has 0 atom stereocenters. The Morgan fingerprint density at radius 3 is 2.77 bits per heavy atom. The zero-order chi connectivity index (χ0) is 9.42. The van der Waals surface area contributed by atoms with E-state index in [-0.39, 0.29) is 0 Å². The van der Waals surface area contributed by atoms with Crippen LogP contribution in [0, 0.1) is 0 Å². The van der Waals surface area contributed by atoms with E-state index in [9.17, 15) is 0 Å². The summed E-state index contributed by atoms with van der Waals surface area (Å²) in [6.45, 7) is 0. The van der Waals surface area contributed by atoms with Crippen LogP contribution in [-0.4, -0.2) is 4.98 Å². The number of nitrogen functional groups attached to an aromatic ring is 1. The summed E-state index contributed by atoms with van der Waals surface area (Å²) in [6, 6.07) is 5.29. The van der Waals surface area contributed by atoms with E-state index in [1.807, 2.05) is 6.07 Å². The van der Waals surface area contributed by atoms with E-state index in [0.29, 0.717) is 15.9 Å². The van der Waals surface area contributed by atoms with Crippen LogP contribution >= 0.6 is 23.2 Å². The standard InChI is InChI=1S/C9H6Cl2N2/c10-6-3-5-1-2-13-9(12)8(5)7(11)4-6/h1-4H,(H2,12,13). The van der Waals surface area contributed by atoms with Crippen LogP contribution in [-0.2, 0) is 0 Å². The molecule has 4 heteroatoms. The predicted molar refractivity (Wildman–Crippen MR) is 56.2 cm³/mol. The first-order valence-electron chi connectivity index (χ1n) is 3.68. The van der Waals surface area contributed by atoms with Crippen molar-refractivity contribution in [3.63, 3.8) is 0 Å². The number of nitrogens with two attached hydrogens (primary N) is 1. The number of anilines is 1. The number of hydrogen-bond acceptors (Lipinski definition) is 2. The number of rotatable bonds is 0. The van der Waals surface area contributed by atoms with Gasteiger partial charge in [-0.05, 0) is 23.6 Å². The van der Waals surface area contributed by atoms with Gasteiger partial charge in [0.15, 0.2) is 0 Å². The Hall–Kier alpha value is -0.990. The van der Waals surface area contributed by atoms with Gasteiger partial charge in [0.05, 0.1) is 5.02 Å². The second-order valence-electron chi connectivity index (χ2n) is 2.68. The third kappa shape index (κ3) is 1.43. The Bertz CT molecular complexity index is 468. The summed E-state index contributed by atoms with van der Waals surface area (Å²) in [6.07, 6.45) is 1.63. The topological polar surface area (TPSA) is 38.9 Å². The van der Waals surface area contributed by atoms with E-state index in [1.54, 1.807) is 18.3 Å². The molecule has 0 amide bonds. The molecular formula is C9H6Cl2N2. The fourth-order valence-corrected chi connectivity index (χ4v) is 1.86. The van der Waals surface area contributed by atoms with Crippen molar-refractivity contribution < 1.29 is 0 Å². The maximum Gasteiger partial charge on any atom is 0.132 e. The Balaban J connectivity index is 2.94. The lowest BCUT2D eigenvalue weighted by atomic mass is 10.1. The van der Waals surface area contributed by atoms with Crippen LogP contribution in [0.15, 0.2) is 24.4 Å². The molecule has 66 valence electrons. The second kappa shape index (κ2) is 3.05. The number of nitrogens with zero attached hydrogens (tertiary/aromatic N) is 1. The highest BCUT2D eigenvalue weighted by Gasteiger charge is 2.04. The van der Waals surface area contributed by atoms with Crippen molar-refractivity contribution in [1.82, 2.24) is 4.98 Å². The largest absolute Gasteiger partial charge is 0.383 e. The fourth-order valence-electron chi connectivity index (χ4n) is 1.26. The highest BCUT2D eigenvalue weighted by Crippen LogP contribution is 2.30. The van der Waals surface area contributed by atoms with Gasteiger partial charge < -0.3 is 5.73 Å². The van der Waals surface area contributed by atoms with Crippen LogP contribution < -0.4 is 5.73 Å². The zero-order valence-electron chi connectivity index (χ0n) is 6.59. The number of benzene rings is 1. The minimum Gasteiger partial charge on any atom is -0.383 e. The van der Waals surface area contributed by atoms with Gasteiger partial charge in [0.25, 0.3) is 0 Å². The third-order valence-electron chi connectivity index (χ3n) is 1.81. The molecule has 0 aliphatic heterocycles. The van der Waals surface area contributed by atoms with Crippen molar-refractivity contribution in [3.8, 4) is 0 Å². The molecule has 2 N–H and O–H groups in total. The minimum atomic E-state index is 0.430. The zero-order valence-corrected chi connectivity index (χ0v) is 8.10. The number of halogens is 2. The Morgan fingerprint density at radius 2 is 2.00 bits per heavy atom. The maximum atomic E-state index is 5.96. The monoisotopic (exact) mass is 212 g/mol. The van der Waals surface area contributed by atoms with Crippen molar-refractivity contribution >= 4 is 39.8 Å². The van der Waals surface area contributed by atoms with Crippen LogP contribution in [0.1, 0.15) is 0 Å². The van der Waals surface area contributed by atoms with Gasteiger partial charge >= 0.3 is 0 Å². The maximum absolute atomic E-state index is 5.96. The summed E-state index contributed by atoms with van der Waals surface area (Å²) in [4.78, 5) is 3.95. The van der Waals surface area contributed by atoms with Gasteiger partial charge in [-0.25, -0.2) is 4.98 Å². The lowest BCUT2D eigenvalue weighted by Crippen LogP contribution is -1.91. The first kappa shape index (κ1) is 8.60. The molecule has 0 radical (unpaired) electrons. The van der Waals surface area contributed by atoms with Gasteiger partial charge in [-0.2, -0.15) is 0 Å². The highest BCUT2D eigenvalue weighted by atomic mass is 35.5. The van der Waals surface area contributed by atoms with Crippen LogP contribution in [0.3, 0.4) is 0 Å². The molecule has 1 aromatic heterocycles. The predicted octanol–water partition coefficient (Wildman–Crippen LogP) is 3.12. The molecule has 0 spiro atoms. The van der Waals surface area contributed by atoms with Gasteiger partial charge in [0.2, 0.25) is 0 Å². The SMILES string of the molecule is Nc1nccc2cc(Cl)cc(Cl)c12. The molecular weight excluding hydrogens is 207 g/mol. The Morgan fingerprint density at radius 1 is 1.23 bits per heavy atom. The molecule has 0 bridgehead atoms. The molecule has 0 saturated carbocycles. The fraction of sp³-hybridized carbons (Fsp3) is 0. The first-order valence-corrected chi connectivity index (χ1v) is 4.43.